The van der Waals surface area contributed by atoms with E-state index in [1.807, 2.05) is 0 Å². The van der Waals surface area contributed by atoms with Gasteiger partial charge in [0, 0.05) is 6.04 Å². The van der Waals surface area contributed by atoms with Gasteiger partial charge in [0.25, 0.3) is 0 Å². The van der Waals surface area contributed by atoms with Gasteiger partial charge in [-0.25, -0.2) is 0 Å². The van der Waals surface area contributed by atoms with E-state index in [2.05, 4.69) is 40.1 Å². The van der Waals surface area contributed by atoms with Gasteiger partial charge in [0.05, 0.1) is 0 Å². The summed E-state index contributed by atoms with van der Waals surface area (Å²) in [4.78, 5) is 0. The average Bonchev–Trinajstić information content (AvgIpc) is 2.94. The van der Waals surface area contributed by atoms with Crippen LogP contribution >= 0.6 is 0 Å². The first-order valence-electron chi connectivity index (χ1n) is 6.25. The maximum absolute atomic E-state index is 3.51. The highest BCUT2D eigenvalue weighted by Crippen LogP contribution is 2.86. The molecule has 3 unspecified atom stereocenters. The molecule has 2 aliphatic carbocycles. The number of hydrogen-bond donors (Lipinski definition) is 1. The normalized spacial score (nSPS) is 52.1. The van der Waals surface area contributed by atoms with Crippen LogP contribution in [0.2, 0.25) is 0 Å². The Labute approximate surface area is 88.7 Å². The summed E-state index contributed by atoms with van der Waals surface area (Å²) >= 11 is 0. The largest absolute Gasteiger partial charge is 0.316 e. The fraction of sp³-hybridized carbons (Fsp3) is 1.00. The van der Waals surface area contributed by atoms with Crippen molar-refractivity contribution in [3.63, 3.8) is 0 Å². The van der Waals surface area contributed by atoms with Crippen LogP contribution in [0.25, 0.3) is 0 Å². The van der Waals surface area contributed by atoms with Gasteiger partial charge in [-0.3, -0.25) is 0 Å². The summed E-state index contributed by atoms with van der Waals surface area (Å²) in [6, 6.07) is 0.737. The fourth-order valence-electron chi connectivity index (χ4n) is 4.66. The van der Waals surface area contributed by atoms with Crippen LogP contribution in [-0.2, 0) is 0 Å². The lowest BCUT2D eigenvalue weighted by Gasteiger charge is -2.23. The fourth-order valence-corrected chi connectivity index (χ4v) is 4.66. The molecule has 1 heteroatoms. The summed E-state index contributed by atoms with van der Waals surface area (Å²) < 4.78 is 0. The molecule has 0 heterocycles. The van der Waals surface area contributed by atoms with Gasteiger partial charge in [0.15, 0.2) is 0 Å². The van der Waals surface area contributed by atoms with Crippen molar-refractivity contribution in [3.05, 3.63) is 0 Å². The van der Waals surface area contributed by atoms with Crippen molar-refractivity contribution >= 4 is 0 Å². The molecule has 82 valence electrons. The van der Waals surface area contributed by atoms with Gasteiger partial charge < -0.3 is 5.32 Å². The minimum Gasteiger partial charge on any atom is -0.316 e. The molecular formula is C13H25N. The number of rotatable bonds is 4. The molecule has 0 aromatic heterocycles. The van der Waals surface area contributed by atoms with Crippen molar-refractivity contribution in [2.45, 2.75) is 53.0 Å². The Hall–Kier alpha value is -0.0400. The van der Waals surface area contributed by atoms with E-state index >= 15 is 0 Å². The van der Waals surface area contributed by atoms with Crippen LogP contribution in [0.3, 0.4) is 0 Å². The second-order valence-electron chi connectivity index (χ2n) is 5.69. The molecule has 0 aromatic carbocycles. The van der Waals surface area contributed by atoms with Crippen molar-refractivity contribution in [2.24, 2.45) is 22.7 Å². The van der Waals surface area contributed by atoms with Gasteiger partial charge in [-0.1, -0.05) is 34.1 Å². The van der Waals surface area contributed by atoms with Gasteiger partial charge in [-0.05, 0) is 42.6 Å². The first-order chi connectivity index (χ1) is 6.58. The summed E-state index contributed by atoms with van der Waals surface area (Å²) in [6.07, 6.45) is 4.13. The SMILES string of the molecule is CCC1C(C)C12C[C@@]2(C)[C@H](CC)NC. The molecule has 0 saturated heterocycles. The molecule has 0 aromatic rings. The zero-order valence-electron chi connectivity index (χ0n) is 10.4. The van der Waals surface area contributed by atoms with Crippen LogP contribution in [0.1, 0.15) is 47.0 Å². The lowest BCUT2D eigenvalue weighted by molar-refractivity contribution is 0.317. The molecule has 14 heavy (non-hydrogen) atoms. The Morgan fingerprint density at radius 3 is 2.43 bits per heavy atom. The highest BCUT2D eigenvalue weighted by Gasteiger charge is 2.82. The number of nitrogens with one attached hydrogen (secondary N) is 1. The quantitative estimate of drug-likeness (QED) is 0.727. The van der Waals surface area contributed by atoms with Gasteiger partial charge in [-0.2, -0.15) is 0 Å². The minimum absolute atomic E-state index is 0.608. The zero-order chi connectivity index (χ0) is 10.6. The minimum atomic E-state index is 0.608. The molecule has 2 aliphatic rings. The lowest BCUT2D eigenvalue weighted by Crippen LogP contribution is -2.34. The number of hydrogen-bond acceptors (Lipinski definition) is 1. The molecule has 2 saturated carbocycles. The van der Waals surface area contributed by atoms with Crippen LogP contribution in [0.15, 0.2) is 0 Å². The maximum atomic E-state index is 3.51. The van der Waals surface area contributed by atoms with Gasteiger partial charge in [-0.15, -0.1) is 0 Å². The van der Waals surface area contributed by atoms with Gasteiger partial charge in [0.2, 0.25) is 0 Å². The summed E-state index contributed by atoms with van der Waals surface area (Å²) in [5.74, 6) is 2.01. The maximum Gasteiger partial charge on any atom is 0.0121 e. The summed E-state index contributed by atoms with van der Waals surface area (Å²) in [5.41, 5.74) is 1.35. The smallest absolute Gasteiger partial charge is 0.0121 e. The van der Waals surface area contributed by atoms with Crippen LogP contribution in [0.4, 0.5) is 0 Å². The molecule has 0 aliphatic heterocycles. The van der Waals surface area contributed by atoms with E-state index in [1.54, 1.807) is 0 Å². The van der Waals surface area contributed by atoms with Crippen molar-refractivity contribution < 1.29 is 0 Å². The van der Waals surface area contributed by atoms with Crippen LogP contribution in [0, 0.1) is 22.7 Å². The van der Waals surface area contributed by atoms with Crippen molar-refractivity contribution in [1.29, 1.82) is 0 Å². The Morgan fingerprint density at radius 2 is 2.07 bits per heavy atom. The zero-order valence-corrected chi connectivity index (χ0v) is 10.4. The molecule has 0 amide bonds. The topological polar surface area (TPSA) is 12.0 Å². The third kappa shape index (κ3) is 0.946. The van der Waals surface area contributed by atoms with E-state index in [0.29, 0.717) is 5.41 Å². The molecule has 0 bridgehead atoms. The second kappa shape index (κ2) is 2.98. The van der Waals surface area contributed by atoms with E-state index < -0.39 is 0 Å². The van der Waals surface area contributed by atoms with Crippen molar-refractivity contribution in [1.82, 2.24) is 5.32 Å². The summed E-state index contributed by atoms with van der Waals surface area (Å²) in [5, 5.41) is 3.51. The lowest BCUT2D eigenvalue weighted by atomic mass is 9.91. The first kappa shape index (κ1) is 10.5. The third-order valence-electron chi connectivity index (χ3n) is 5.53. The molecule has 2 fully saturated rings. The first-order valence-corrected chi connectivity index (χ1v) is 6.25. The summed E-state index contributed by atoms with van der Waals surface area (Å²) in [6.45, 7) is 9.63. The van der Waals surface area contributed by atoms with E-state index in [9.17, 15) is 0 Å². The average molecular weight is 195 g/mol. The molecule has 2 rings (SSSR count). The van der Waals surface area contributed by atoms with E-state index in [-0.39, 0.29) is 0 Å². The van der Waals surface area contributed by atoms with Crippen molar-refractivity contribution in [2.75, 3.05) is 7.05 Å². The second-order valence-corrected chi connectivity index (χ2v) is 5.69. The highest BCUT2D eigenvalue weighted by molar-refractivity contribution is 5.30. The van der Waals surface area contributed by atoms with Crippen LogP contribution in [0.5, 0.6) is 0 Å². The molecule has 5 atom stereocenters. The van der Waals surface area contributed by atoms with Gasteiger partial charge >= 0.3 is 0 Å². The molecule has 1 nitrogen and oxygen atoms in total. The Balaban J connectivity index is 2.09. The Kier molecular flexibility index (Phi) is 2.23. The Morgan fingerprint density at radius 1 is 1.43 bits per heavy atom. The molecule has 1 spiro atoms. The predicted octanol–water partition coefficient (Wildman–Crippen LogP) is 3.06. The Bertz CT molecular complexity index is 233. The third-order valence-corrected chi connectivity index (χ3v) is 5.53. The molecular weight excluding hydrogens is 170 g/mol. The summed E-state index contributed by atoms with van der Waals surface area (Å²) in [7, 11) is 2.12. The van der Waals surface area contributed by atoms with Crippen molar-refractivity contribution in [3.8, 4) is 0 Å². The predicted molar refractivity (Wildman–Crippen MR) is 61.2 cm³/mol. The standard InChI is InChI=1S/C13H25N/c1-6-10-9(3)13(10)8-12(13,4)11(7-2)14-5/h9-11,14H,6-8H2,1-5H3/t9?,10?,11-,12-,13?/m0/s1. The monoisotopic (exact) mass is 195 g/mol. The van der Waals surface area contributed by atoms with Crippen LogP contribution in [-0.4, -0.2) is 13.1 Å². The highest BCUT2D eigenvalue weighted by atomic mass is 15.0. The molecule has 1 N–H and O–H groups in total. The van der Waals surface area contributed by atoms with E-state index in [0.717, 1.165) is 23.3 Å². The molecule has 0 radical (unpaired) electrons. The van der Waals surface area contributed by atoms with Crippen LogP contribution < -0.4 is 5.32 Å². The van der Waals surface area contributed by atoms with E-state index in [4.69, 9.17) is 0 Å². The van der Waals surface area contributed by atoms with Gasteiger partial charge in [0.1, 0.15) is 0 Å². The van der Waals surface area contributed by atoms with E-state index in [1.165, 1.54) is 19.3 Å².